The van der Waals surface area contributed by atoms with Crippen molar-refractivity contribution in [1.82, 2.24) is 9.97 Å². The highest BCUT2D eigenvalue weighted by Gasteiger charge is 2.02. The molecule has 15 heavy (non-hydrogen) atoms. The fraction of sp³-hybridized carbons (Fsp3) is 0. The number of benzene rings is 1. The first kappa shape index (κ1) is 8.11. The molecular formula is C11H9N3O. The topological polar surface area (TPSA) is 53.9 Å². The number of aromatic amines is 1. The number of nitrogens with one attached hydrogen (secondary N) is 2. The number of nitrogens with zero attached hydrogens (tertiary/aromatic N) is 1. The first-order valence-corrected chi connectivity index (χ1v) is 4.67. The highest BCUT2D eigenvalue weighted by Crippen LogP contribution is 2.17. The average Bonchev–Trinajstić information content (AvgIpc) is 2.86. The second kappa shape index (κ2) is 3.16. The molecule has 0 saturated heterocycles. The SMILES string of the molecule is c1coc(Nc2nc3ccccc3[nH]2)c1. The summed E-state index contributed by atoms with van der Waals surface area (Å²) in [4.78, 5) is 7.51. The number of hydrogen-bond donors (Lipinski definition) is 2. The smallest absolute Gasteiger partial charge is 0.208 e. The fourth-order valence-electron chi connectivity index (χ4n) is 1.48. The molecule has 2 heterocycles. The lowest BCUT2D eigenvalue weighted by Gasteiger charge is -1.95. The molecule has 74 valence electrons. The lowest BCUT2D eigenvalue weighted by Crippen LogP contribution is -1.89. The van der Waals surface area contributed by atoms with Crippen LogP contribution >= 0.6 is 0 Å². The second-order valence-corrected chi connectivity index (χ2v) is 3.20. The number of fused-ring (bicyclic) bond motifs is 1. The van der Waals surface area contributed by atoms with Crippen LogP contribution in [0.5, 0.6) is 0 Å². The predicted octanol–water partition coefficient (Wildman–Crippen LogP) is 2.90. The lowest BCUT2D eigenvalue weighted by atomic mass is 10.3. The number of anilines is 2. The van der Waals surface area contributed by atoms with Gasteiger partial charge in [0.1, 0.15) is 0 Å². The van der Waals surface area contributed by atoms with E-state index in [1.807, 2.05) is 36.4 Å². The zero-order valence-corrected chi connectivity index (χ0v) is 7.90. The Kier molecular flexibility index (Phi) is 1.71. The minimum Gasteiger partial charge on any atom is -0.449 e. The van der Waals surface area contributed by atoms with Gasteiger partial charge in [-0.15, -0.1) is 0 Å². The Morgan fingerprint density at radius 1 is 1.13 bits per heavy atom. The Bertz CT molecular complexity index is 535. The van der Waals surface area contributed by atoms with Crippen molar-refractivity contribution < 1.29 is 4.42 Å². The molecule has 0 aliphatic rings. The zero-order chi connectivity index (χ0) is 10.1. The van der Waals surface area contributed by atoms with Crippen LogP contribution < -0.4 is 5.32 Å². The molecule has 1 aromatic carbocycles. The molecule has 4 nitrogen and oxygen atoms in total. The number of para-hydroxylation sites is 2. The Morgan fingerprint density at radius 3 is 2.87 bits per heavy atom. The van der Waals surface area contributed by atoms with Crippen LogP contribution in [0.3, 0.4) is 0 Å². The first-order chi connectivity index (χ1) is 7.42. The zero-order valence-electron chi connectivity index (χ0n) is 7.90. The van der Waals surface area contributed by atoms with E-state index in [9.17, 15) is 0 Å². The van der Waals surface area contributed by atoms with Gasteiger partial charge in [0, 0.05) is 6.07 Å². The van der Waals surface area contributed by atoms with Gasteiger partial charge in [0.05, 0.1) is 17.3 Å². The van der Waals surface area contributed by atoms with E-state index in [0.29, 0.717) is 11.8 Å². The van der Waals surface area contributed by atoms with Gasteiger partial charge >= 0.3 is 0 Å². The summed E-state index contributed by atoms with van der Waals surface area (Å²) in [7, 11) is 0. The summed E-state index contributed by atoms with van der Waals surface area (Å²) in [5, 5.41) is 3.04. The van der Waals surface area contributed by atoms with Gasteiger partial charge < -0.3 is 9.40 Å². The van der Waals surface area contributed by atoms with Gasteiger partial charge in [-0.25, -0.2) is 4.98 Å². The van der Waals surface area contributed by atoms with Crippen LogP contribution in [-0.2, 0) is 0 Å². The van der Waals surface area contributed by atoms with Crippen molar-refractivity contribution in [2.24, 2.45) is 0 Å². The van der Waals surface area contributed by atoms with Crippen LogP contribution in [0.25, 0.3) is 11.0 Å². The molecule has 0 spiro atoms. The van der Waals surface area contributed by atoms with E-state index in [2.05, 4.69) is 15.3 Å². The number of H-pyrrole nitrogens is 1. The molecule has 4 heteroatoms. The summed E-state index contributed by atoms with van der Waals surface area (Å²) < 4.78 is 5.16. The van der Waals surface area contributed by atoms with Crippen molar-refractivity contribution in [3.63, 3.8) is 0 Å². The van der Waals surface area contributed by atoms with Crippen LogP contribution in [0.1, 0.15) is 0 Å². The molecule has 2 aromatic heterocycles. The normalized spacial score (nSPS) is 10.7. The Labute approximate surface area is 85.9 Å². The largest absolute Gasteiger partial charge is 0.449 e. The fourth-order valence-corrected chi connectivity index (χ4v) is 1.48. The average molecular weight is 199 g/mol. The standard InChI is InChI=1S/C11H9N3O/c1-2-5-9-8(4-1)12-11(13-9)14-10-6-3-7-15-10/h1-7H,(H2,12,13,14). The van der Waals surface area contributed by atoms with Crippen LogP contribution in [0, 0.1) is 0 Å². The van der Waals surface area contributed by atoms with E-state index < -0.39 is 0 Å². The lowest BCUT2D eigenvalue weighted by molar-refractivity contribution is 0.584. The third kappa shape index (κ3) is 1.46. The van der Waals surface area contributed by atoms with Gasteiger partial charge in [-0.1, -0.05) is 12.1 Å². The van der Waals surface area contributed by atoms with Gasteiger partial charge in [-0.05, 0) is 18.2 Å². The molecule has 0 aliphatic carbocycles. The van der Waals surface area contributed by atoms with Crippen molar-refractivity contribution in [2.75, 3.05) is 5.32 Å². The van der Waals surface area contributed by atoms with Crippen LogP contribution in [-0.4, -0.2) is 9.97 Å². The van der Waals surface area contributed by atoms with E-state index in [1.54, 1.807) is 6.26 Å². The van der Waals surface area contributed by atoms with Crippen molar-refractivity contribution in [3.8, 4) is 0 Å². The summed E-state index contributed by atoms with van der Waals surface area (Å²) in [5.74, 6) is 1.36. The number of hydrogen-bond acceptors (Lipinski definition) is 3. The van der Waals surface area contributed by atoms with Crippen LogP contribution in [0.4, 0.5) is 11.8 Å². The predicted molar refractivity (Wildman–Crippen MR) is 58.1 cm³/mol. The Morgan fingerprint density at radius 2 is 2.07 bits per heavy atom. The molecule has 3 aromatic rings. The molecule has 0 saturated carbocycles. The van der Waals surface area contributed by atoms with Crippen molar-refractivity contribution >= 4 is 22.9 Å². The van der Waals surface area contributed by atoms with Gasteiger partial charge in [-0.2, -0.15) is 0 Å². The summed E-state index contributed by atoms with van der Waals surface area (Å²) >= 11 is 0. The summed E-state index contributed by atoms with van der Waals surface area (Å²) in [6, 6.07) is 11.5. The number of rotatable bonds is 2. The number of furan rings is 1. The first-order valence-electron chi connectivity index (χ1n) is 4.67. The maximum atomic E-state index is 5.16. The Balaban J connectivity index is 1.98. The number of aromatic nitrogens is 2. The molecule has 3 rings (SSSR count). The van der Waals surface area contributed by atoms with E-state index in [1.165, 1.54) is 0 Å². The van der Waals surface area contributed by atoms with Crippen molar-refractivity contribution in [1.29, 1.82) is 0 Å². The number of imidazole rings is 1. The minimum atomic E-state index is 0.675. The van der Waals surface area contributed by atoms with E-state index >= 15 is 0 Å². The maximum Gasteiger partial charge on any atom is 0.208 e. The maximum absolute atomic E-state index is 5.16. The summed E-state index contributed by atoms with van der Waals surface area (Å²) in [6.45, 7) is 0. The molecule has 0 unspecified atom stereocenters. The highest BCUT2D eigenvalue weighted by molar-refractivity contribution is 5.77. The third-order valence-electron chi connectivity index (χ3n) is 2.15. The van der Waals surface area contributed by atoms with Crippen molar-refractivity contribution in [2.45, 2.75) is 0 Å². The van der Waals surface area contributed by atoms with Gasteiger partial charge in [0.25, 0.3) is 0 Å². The quantitative estimate of drug-likeness (QED) is 0.667. The monoisotopic (exact) mass is 199 g/mol. The Hall–Kier alpha value is -2.23. The molecule has 0 amide bonds. The molecule has 2 N–H and O–H groups in total. The summed E-state index contributed by atoms with van der Waals surface area (Å²) in [6.07, 6.45) is 1.62. The third-order valence-corrected chi connectivity index (χ3v) is 2.15. The molecule has 0 fully saturated rings. The minimum absolute atomic E-state index is 0.675. The molecule has 0 atom stereocenters. The highest BCUT2D eigenvalue weighted by atomic mass is 16.3. The van der Waals surface area contributed by atoms with Crippen LogP contribution in [0.2, 0.25) is 0 Å². The van der Waals surface area contributed by atoms with Crippen molar-refractivity contribution in [3.05, 3.63) is 42.7 Å². The van der Waals surface area contributed by atoms with Crippen LogP contribution in [0.15, 0.2) is 47.1 Å². The molecule has 0 bridgehead atoms. The van der Waals surface area contributed by atoms with E-state index in [4.69, 9.17) is 4.42 Å². The van der Waals surface area contributed by atoms with Gasteiger partial charge in [-0.3, -0.25) is 5.32 Å². The van der Waals surface area contributed by atoms with E-state index in [-0.39, 0.29) is 0 Å². The molecule has 0 radical (unpaired) electrons. The summed E-state index contributed by atoms with van der Waals surface area (Å²) in [5.41, 5.74) is 1.94. The molecular weight excluding hydrogens is 190 g/mol. The van der Waals surface area contributed by atoms with Gasteiger partial charge in [0.2, 0.25) is 5.95 Å². The van der Waals surface area contributed by atoms with E-state index in [0.717, 1.165) is 11.0 Å². The molecule has 0 aliphatic heterocycles. The second-order valence-electron chi connectivity index (χ2n) is 3.20. The van der Waals surface area contributed by atoms with Gasteiger partial charge in [0.15, 0.2) is 5.88 Å².